The molecule has 9 heteroatoms. The molecule has 0 aromatic heterocycles. The summed E-state index contributed by atoms with van der Waals surface area (Å²) in [6.07, 6.45) is 1.54. The Balaban J connectivity index is 2.79. The Hall–Kier alpha value is 0.177. The van der Waals surface area contributed by atoms with E-state index in [1.807, 2.05) is 13.8 Å². The van der Waals surface area contributed by atoms with Crippen LogP contribution in [0.1, 0.15) is 34.6 Å². The van der Waals surface area contributed by atoms with Gasteiger partial charge in [-0.15, -0.1) is 0 Å². The lowest BCUT2D eigenvalue weighted by atomic mass is 10.1. The van der Waals surface area contributed by atoms with Crippen molar-refractivity contribution in [3.8, 4) is 0 Å². The van der Waals surface area contributed by atoms with Crippen LogP contribution in [0.4, 0.5) is 0 Å². The quantitative estimate of drug-likeness (QED) is 0.200. The Morgan fingerprint density at radius 3 is 2.38 bits per heavy atom. The van der Waals surface area contributed by atoms with Crippen molar-refractivity contribution in [3.63, 3.8) is 0 Å². The van der Waals surface area contributed by atoms with E-state index in [9.17, 15) is 0 Å². The average molecular weight is 447 g/mol. The van der Waals surface area contributed by atoms with Crippen LogP contribution in [0, 0.1) is 5.41 Å². The third kappa shape index (κ3) is 7.30. The third-order valence-electron chi connectivity index (χ3n) is 4.66. The molecule has 5 nitrogen and oxygen atoms in total. The summed E-state index contributed by atoms with van der Waals surface area (Å²) in [4.78, 5) is 0. The maximum Gasteiger partial charge on any atom is 0.265 e. The predicted octanol–water partition coefficient (Wildman–Crippen LogP) is 5.45. The molecule has 1 aliphatic heterocycles. The zero-order valence-electron chi connectivity index (χ0n) is 16.5. The van der Waals surface area contributed by atoms with Crippen molar-refractivity contribution in [2.24, 2.45) is 0 Å². The molecule has 0 aliphatic carbocycles. The molecule has 0 unspecified atom stereocenters. The van der Waals surface area contributed by atoms with Crippen molar-refractivity contribution in [1.82, 2.24) is 0 Å². The lowest BCUT2D eigenvalue weighted by Crippen LogP contribution is -2.47. The van der Waals surface area contributed by atoms with E-state index in [4.69, 9.17) is 58.8 Å². The molecule has 1 aliphatic rings. The van der Waals surface area contributed by atoms with Gasteiger partial charge in [0.1, 0.15) is 12.7 Å². The number of nitrogens with one attached hydrogen (secondary N) is 1. The summed E-state index contributed by atoms with van der Waals surface area (Å²) >= 11 is 16.8. The van der Waals surface area contributed by atoms with Gasteiger partial charge in [0.2, 0.25) is 5.90 Å². The van der Waals surface area contributed by atoms with Crippen LogP contribution < -0.4 is 0 Å². The first-order chi connectivity index (χ1) is 11.6. The largest absolute Gasteiger partial charge is 0.474 e. The molecule has 0 amide bonds. The van der Waals surface area contributed by atoms with Crippen LogP contribution in [0.3, 0.4) is 0 Å². The van der Waals surface area contributed by atoms with Crippen LogP contribution in [0.5, 0.6) is 0 Å². The van der Waals surface area contributed by atoms with E-state index >= 15 is 0 Å². The second kappa shape index (κ2) is 8.68. The zero-order valence-corrected chi connectivity index (χ0v) is 19.8. The molecule has 0 aromatic rings. The van der Waals surface area contributed by atoms with Crippen LogP contribution in [-0.4, -0.2) is 49.7 Å². The molecule has 0 spiro atoms. The van der Waals surface area contributed by atoms with Gasteiger partial charge in [0.05, 0.1) is 13.2 Å². The topological polar surface area (TPSA) is 60.8 Å². The number of hydrogen-bond donors (Lipinski definition) is 1. The smallest absolute Gasteiger partial charge is 0.265 e. The zero-order chi connectivity index (χ0) is 20.4. The summed E-state index contributed by atoms with van der Waals surface area (Å²) in [5, 5.41) is 7.68. The Morgan fingerprint density at radius 1 is 1.31 bits per heavy atom. The minimum Gasteiger partial charge on any atom is -0.474 e. The molecule has 0 radical (unpaired) electrons. The molecule has 1 N–H and O–H groups in total. The molecular formula is C17H30Cl3NO4Si. The lowest BCUT2D eigenvalue weighted by molar-refractivity contribution is -0.256. The van der Waals surface area contributed by atoms with Gasteiger partial charge in [-0.25, -0.2) is 0 Å². The molecule has 26 heavy (non-hydrogen) atoms. The fourth-order valence-electron chi connectivity index (χ4n) is 1.95. The van der Waals surface area contributed by atoms with Crippen molar-refractivity contribution in [3.05, 3.63) is 11.6 Å². The maximum atomic E-state index is 7.57. The minimum atomic E-state index is -1.90. The standard InChI is InChI=1S/C17H30Cl3NO4Si/c1-15(2,3)26(6,7)24-11-13-12(10-23-16(4,5)25-13)8-9-22-14(21)17(18,19)20/h8,13,21H,9-11H2,1-7H3/b12-8+,21-14?/t13-/m1/s1. The summed E-state index contributed by atoms with van der Waals surface area (Å²) in [6, 6.07) is 0. The minimum absolute atomic E-state index is 0.0891. The second-order valence-electron chi connectivity index (χ2n) is 8.28. The molecule has 1 rings (SSSR count). The Kier molecular flexibility index (Phi) is 8.08. The van der Waals surface area contributed by atoms with Gasteiger partial charge in [-0.3, -0.25) is 5.41 Å². The highest BCUT2D eigenvalue weighted by Gasteiger charge is 2.40. The van der Waals surface area contributed by atoms with Gasteiger partial charge in [-0.2, -0.15) is 0 Å². The maximum absolute atomic E-state index is 7.57. The number of halogens is 3. The van der Waals surface area contributed by atoms with E-state index in [1.54, 1.807) is 6.08 Å². The van der Waals surface area contributed by atoms with Gasteiger partial charge in [-0.05, 0) is 43.6 Å². The highest BCUT2D eigenvalue weighted by Crippen LogP contribution is 2.37. The molecule has 0 bridgehead atoms. The molecular weight excluding hydrogens is 417 g/mol. The van der Waals surface area contributed by atoms with E-state index in [2.05, 4.69) is 33.9 Å². The van der Waals surface area contributed by atoms with Crippen molar-refractivity contribution in [2.45, 2.75) is 68.4 Å². The Morgan fingerprint density at radius 2 is 1.88 bits per heavy atom. The second-order valence-corrected chi connectivity index (χ2v) is 15.4. The summed E-state index contributed by atoms with van der Waals surface area (Å²) in [5.41, 5.74) is 0.889. The predicted molar refractivity (Wildman–Crippen MR) is 110 cm³/mol. The number of rotatable bonds is 5. The molecule has 152 valence electrons. The van der Waals surface area contributed by atoms with Crippen LogP contribution in [0.25, 0.3) is 0 Å². The van der Waals surface area contributed by atoms with Crippen molar-refractivity contribution in [2.75, 3.05) is 19.8 Å². The monoisotopic (exact) mass is 445 g/mol. The highest BCUT2D eigenvalue weighted by molar-refractivity contribution is 6.76. The van der Waals surface area contributed by atoms with Gasteiger partial charge in [-0.1, -0.05) is 55.6 Å². The van der Waals surface area contributed by atoms with Crippen LogP contribution in [0.15, 0.2) is 11.6 Å². The van der Waals surface area contributed by atoms with Gasteiger partial charge < -0.3 is 18.6 Å². The number of alkyl halides is 3. The molecule has 1 heterocycles. The lowest BCUT2D eigenvalue weighted by Gasteiger charge is -2.41. The van der Waals surface area contributed by atoms with Crippen LogP contribution in [0.2, 0.25) is 18.1 Å². The number of ether oxygens (including phenoxy) is 3. The Labute approximate surface area is 172 Å². The number of hydrogen-bond acceptors (Lipinski definition) is 5. The molecule has 1 fully saturated rings. The first-order valence-corrected chi connectivity index (χ1v) is 12.5. The van der Waals surface area contributed by atoms with E-state index < -0.39 is 23.8 Å². The average Bonchev–Trinajstić information content (AvgIpc) is 2.44. The van der Waals surface area contributed by atoms with E-state index in [1.165, 1.54) is 0 Å². The molecule has 1 saturated heterocycles. The third-order valence-corrected chi connectivity index (χ3v) is 9.67. The first-order valence-electron chi connectivity index (χ1n) is 8.48. The molecule has 0 aromatic carbocycles. The van der Waals surface area contributed by atoms with Gasteiger partial charge in [0.15, 0.2) is 14.1 Å². The molecule has 1 atom stereocenters. The van der Waals surface area contributed by atoms with Gasteiger partial charge in [0, 0.05) is 0 Å². The van der Waals surface area contributed by atoms with Gasteiger partial charge >= 0.3 is 0 Å². The first kappa shape index (κ1) is 24.2. The van der Waals surface area contributed by atoms with Crippen LogP contribution in [-0.2, 0) is 18.6 Å². The summed E-state index contributed by atoms with van der Waals surface area (Å²) in [7, 11) is -1.90. The fraction of sp³-hybridized carbons (Fsp3) is 0.824. The SMILES string of the molecule is CC1(C)OC/C(=C\COC(=N)C(Cl)(Cl)Cl)[C@@H](CO[Si](C)(C)C(C)(C)C)O1. The normalized spacial score (nSPS) is 23.2. The Bertz CT molecular complexity index is 539. The summed E-state index contributed by atoms with van der Waals surface area (Å²) in [5.74, 6) is -1.12. The van der Waals surface area contributed by atoms with Crippen molar-refractivity contribution in [1.29, 1.82) is 5.41 Å². The van der Waals surface area contributed by atoms with Crippen molar-refractivity contribution >= 4 is 49.0 Å². The van der Waals surface area contributed by atoms with Gasteiger partial charge in [0.25, 0.3) is 3.79 Å². The van der Waals surface area contributed by atoms with E-state index in [0.29, 0.717) is 13.2 Å². The van der Waals surface area contributed by atoms with E-state index in [-0.39, 0.29) is 17.7 Å². The highest BCUT2D eigenvalue weighted by atomic mass is 35.6. The summed E-state index contributed by atoms with van der Waals surface area (Å²) in [6.45, 7) is 15.7. The summed E-state index contributed by atoms with van der Waals surface area (Å²) < 4.78 is 21.4. The fourth-order valence-corrected chi connectivity index (χ4v) is 3.11. The molecule has 0 saturated carbocycles. The van der Waals surface area contributed by atoms with Crippen LogP contribution >= 0.6 is 34.8 Å². The van der Waals surface area contributed by atoms with Crippen molar-refractivity contribution < 1.29 is 18.6 Å². The van der Waals surface area contributed by atoms with E-state index in [0.717, 1.165) is 5.57 Å².